The van der Waals surface area contributed by atoms with Crippen LogP contribution in [0.15, 0.2) is 11.4 Å². The van der Waals surface area contributed by atoms with Crippen molar-refractivity contribution >= 4 is 17.2 Å². The molecule has 0 saturated carbocycles. The topological polar surface area (TPSA) is 93.3 Å². The molecular formula is C11H14N2O3S. The SMILES string of the molecule is CC(=O)NCCC(O)C(O)c1csc(C#N)c1. The van der Waals surface area contributed by atoms with Crippen LogP contribution in [0.1, 0.15) is 29.9 Å². The molecule has 17 heavy (non-hydrogen) atoms. The van der Waals surface area contributed by atoms with Gasteiger partial charge >= 0.3 is 0 Å². The summed E-state index contributed by atoms with van der Waals surface area (Å²) in [7, 11) is 0. The van der Waals surface area contributed by atoms with Gasteiger partial charge in [-0.15, -0.1) is 11.3 Å². The highest BCUT2D eigenvalue weighted by Crippen LogP contribution is 2.23. The van der Waals surface area contributed by atoms with E-state index in [4.69, 9.17) is 5.26 Å². The van der Waals surface area contributed by atoms with Gasteiger partial charge in [0, 0.05) is 13.5 Å². The van der Waals surface area contributed by atoms with E-state index in [0.717, 1.165) is 0 Å². The summed E-state index contributed by atoms with van der Waals surface area (Å²) in [6.45, 7) is 1.70. The summed E-state index contributed by atoms with van der Waals surface area (Å²) < 4.78 is 0. The zero-order chi connectivity index (χ0) is 12.8. The molecule has 2 unspecified atom stereocenters. The highest BCUT2D eigenvalue weighted by Gasteiger charge is 2.19. The predicted octanol–water partition coefficient (Wildman–Crippen LogP) is 0.540. The minimum Gasteiger partial charge on any atom is -0.390 e. The van der Waals surface area contributed by atoms with Gasteiger partial charge in [0.05, 0.1) is 6.10 Å². The Kier molecular flexibility index (Phi) is 5.10. The van der Waals surface area contributed by atoms with E-state index in [1.165, 1.54) is 18.3 Å². The van der Waals surface area contributed by atoms with E-state index in [-0.39, 0.29) is 12.3 Å². The van der Waals surface area contributed by atoms with Gasteiger partial charge in [0.2, 0.25) is 5.91 Å². The molecule has 1 amide bonds. The van der Waals surface area contributed by atoms with E-state index in [1.807, 2.05) is 6.07 Å². The van der Waals surface area contributed by atoms with Crippen molar-refractivity contribution in [1.29, 1.82) is 5.26 Å². The Morgan fingerprint density at radius 3 is 2.88 bits per heavy atom. The molecule has 6 heteroatoms. The van der Waals surface area contributed by atoms with Crippen LogP contribution in [0, 0.1) is 11.3 Å². The number of thiophene rings is 1. The number of carbonyl (C=O) groups excluding carboxylic acids is 1. The molecule has 3 N–H and O–H groups in total. The summed E-state index contributed by atoms with van der Waals surface area (Å²) in [5, 5.41) is 32.3. The maximum atomic E-state index is 10.6. The van der Waals surface area contributed by atoms with Gasteiger partial charge in [-0.1, -0.05) is 0 Å². The molecule has 0 bridgehead atoms. The standard InChI is InChI=1S/C11H14N2O3S/c1-7(14)13-3-2-10(15)11(16)8-4-9(5-12)17-6-8/h4,6,10-11,15-16H,2-3H2,1H3,(H,13,14). The Balaban J connectivity index is 2.48. The molecule has 0 saturated heterocycles. The molecule has 0 aromatic carbocycles. The number of carbonyl (C=O) groups is 1. The van der Waals surface area contributed by atoms with Gasteiger partial charge < -0.3 is 15.5 Å². The van der Waals surface area contributed by atoms with Crippen molar-refractivity contribution in [2.45, 2.75) is 25.6 Å². The summed E-state index contributed by atoms with van der Waals surface area (Å²) in [5.74, 6) is -0.172. The molecule has 0 aliphatic carbocycles. The molecule has 0 radical (unpaired) electrons. The molecule has 0 aliphatic rings. The normalized spacial score (nSPS) is 13.8. The van der Waals surface area contributed by atoms with E-state index in [2.05, 4.69) is 5.32 Å². The molecule has 0 aliphatic heterocycles. The van der Waals surface area contributed by atoms with Crippen LogP contribution in [-0.4, -0.2) is 28.8 Å². The number of rotatable bonds is 5. The zero-order valence-electron chi connectivity index (χ0n) is 9.38. The Bertz CT molecular complexity index is 425. The Morgan fingerprint density at radius 2 is 2.35 bits per heavy atom. The molecule has 92 valence electrons. The number of hydrogen-bond acceptors (Lipinski definition) is 5. The van der Waals surface area contributed by atoms with Crippen molar-refractivity contribution < 1.29 is 15.0 Å². The van der Waals surface area contributed by atoms with Crippen LogP contribution in [0.3, 0.4) is 0 Å². The molecule has 0 fully saturated rings. The van der Waals surface area contributed by atoms with Crippen LogP contribution in [0.5, 0.6) is 0 Å². The van der Waals surface area contributed by atoms with Crippen molar-refractivity contribution in [1.82, 2.24) is 5.32 Å². The number of nitrogens with zero attached hydrogens (tertiary/aromatic N) is 1. The van der Waals surface area contributed by atoms with Crippen molar-refractivity contribution in [3.05, 3.63) is 21.9 Å². The van der Waals surface area contributed by atoms with Gasteiger partial charge in [-0.3, -0.25) is 4.79 Å². The number of hydrogen-bond donors (Lipinski definition) is 3. The first-order chi connectivity index (χ1) is 8.04. The van der Waals surface area contributed by atoms with Crippen LogP contribution in [0.2, 0.25) is 0 Å². The van der Waals surface area contributed by atoms with Crippen molar-refractivity contribution in [3.8, 4) is 6.07 Å². The first-order valence-electron chi connectivity index (χ1n) is 5.13. The second kappa shape index (κ2) is 6.35. The minimum atomic E-state index is -1.03. The lowest BCUT2D eigenvalue weighted by Crippen LogP contribution is -2.27. The van der Waals surface area contributed by atoms with Gasteiger partial charge in [0.1, 0.15) is 17.1 Å². The average Bonchev–Trinajstić information content (AvgIpc) is 2.75. The van der Waals surface area contributed by atoms with Crippen LogP contribution in [0.4, 0.5) is 0 Å². The van der Waals surface area contributed by atoms with Crippen LogP contribution in [0.25, 0.3) is 0 Å². The zero-order valence-corrected chi connectivity index (χ0v) is 10.2. The van der Waals surface area contributed by atoms with E-state index in [0.29, 0.717) is 17.0 Å². The van der Waals surface area contributed by atoms with E-state index >= 15 is 0 Å². The number of aliphatic hydroxyl groups excluding tert-OH is 2. The second-order valence-electron chi connectivity index (χ2n) is 3.64. The fraction of sp³-hybridized carbons (Fsp3) is 0.455. The minimum absolute atomic E-state index is 0.172. The van der Waals surface area contributed by atoms with Crippen molar-refractivity contribution in [2.24, 2.45) is 0 Å². The molecule has 0 spiro atoms. The molecule has 1 aromatic rings. The monoisotopic (exact) mass is 254 g/mol. The van der Waals surface area contributed by atoms with Crippen LogP contribution < -0.4 is 5.32 Å². The maximum Gasteiger partial charge on any atom is 0.216 e. The highest BCUT2D eigenvalue weighted by molar-refractivity contribution is 7.10. The second-order valence-corrected chi connectivity index (χ2v) is 4.55. The van der Waals surface area contributed by atoms with E-state index in [1.54, 1.807) is 11.4 Å². The molecule has 1 heterocycles. The molecule has 5 nitrogen and oxygen atoms in total. The first-order valence-corrected chi connectivity index (χ1v) is 6.01. The van der Waals surface area contributed by atoms with Gasteiger partial charge in [-0.25, -0.2) is 0 Å². The third kappa shape index (κ3) is 4.15. The highest BCUT2D eigenvalue weighted by atomic mass is 32.1. The lowest BCUT2D eigenvalue weighted by Gasteiger charge is -2.16. The first kappa shape index (κ1) is 13.6. The molecule has 2 atom stereocenters. The third-order valence-corrected chi connectivity index (χ3v) is 3.10. The number of amides is 1. The van der Waals surface area contributed by atoms with Crippen LogP contribution in [-0.2, 0) is 4.79 Å². The predicted molar refractivity (Wildman–Crippen MR) is 63.3 cm³/mol. The maximum absolute atomic E-state index is 10.6. The van der Waals surface area contributed by atoms with Gasteiger partial charge in [-0.2, -0.15) is 5.26 Å². The third-order valence-electron chi connectivity index (χ3n) is 2.25. The lowest BCUT2D eigenvalue weighted by molar-refractivity contribution is -0.119. The summed E-state index contributed by atoms with van der Waals surface area (Å²) in [5.41, 5.74) is 0.530. The number of aliphatic hydroxyl groups is 2. The van der Waals surface area contributed by atoms with E-state index < -0.39 is 12.2 Å². The summed E-state index contributed by atoms with van der Waals surface area (Å²) in [6, 6.07) is 3.52. The van der Waals surface area contributed by atoms with Gasteiger partial charge in [-0.05, 0) is 23.4 Å². The number of nitrogens with one attached hydrogen (secondary N) is 1. The average molecular weight is 254 g/mol. The van der Waals surface area contributed by atoms with Crippen LogP contribution >= 0.6 is 11.3 Å². The summed E-state index contributed by atoms with van der Waals surface area (Å²) in [4.78, 5) is 11.1. The van der Waals surface area contributed by atoms with E-state index in [9.17, 15) is 15.0 Å². The fourth-order valence-corrected chi connectivity index (χ4v) is 2.07. The quantitative estimate of drug-likeness (QED) is 0.715. The van der Waals surface area contributed by atoms with Gasteiger partial charge in [0.15, 0.2) is 0 Å². The van der Waals surface area contributed by atoms with Crippen molar-refractivity contribution in [3.63, 3.8) is 0 Å². The van der Waals surface area contributed by atoms with Crippen molar-refractivity contribution in [2.75, 3.05) is 6.54 Å². The number of nitriles is 1. The molecule has 1 aromatic heterocycles. The Labute approximate surface area is 103 Å². The summed E-state index contributed by atoms with van der Waals surface area (Å²) >= 11 is 1.22. The van der Waals surface area contributed by atoms with Gasteiger partial charge in [0.25, 0.3) is 0 Å². The molecular weight excluding hydrogens is 240 g/mol. The fourth-order valence-electron chi connectivity index (χ4n) is 1.34. The Morgan fingerprint density at radius 1 is 1.65 bits per heavy atom. The molecule has 1 rings (SSSR count). The lowest BCUT2D eigenvalue weighted by atomic mass is 10.0. The smallest absolute Gasteiger partial charge is 0.216 e. The Hall–Kier alpha value is -1.42. The summed E-state index contributed by atoms with van der Waals surface area (Å²) in [6.07, 6.45) is -1.72. The largest absolute Gasteiger partial charge is 0.390 e.